The summed E-state index contributed by atoms with van der Waals surface area (Å²) >= 11 is 4.38. The van der Waals surface area contributed by atoms with Crippen LogP contribution in [0.2, 0.25) is 0 Å². The summed E-state index contributed by atoms with van der Waals surface area (Å²) in [5, 5.41) is 9.14. The third-order valence-electron chi connectivity index (χ3n) is 3.33. The molecule has 0 amide bonds. The molecule has 0 spiro atoms. The van der Waals surface area contributed by atoms with Crippen LogP contribution in [-0.4, -0.2) is 56.9 Å². The van der Waals surface area contributed by atoms with Gasteiger partial charge in [0.2, 0.25) is 0 Å². The number of sulfonamides is 1. The molecule has 1 N–H and O–H groups in total. The van der Waals surface area contributed by atoms with Crippen molar-refractivity contribution in [2.45, 2.75) is 23.6 Å². The number of aliphatic hydroxyl groups excluding tert-OH is 1. The average molecular weight is 418 g/mol. The van der Waals surface area contributed by atoms with E-state index in [0.29, 0.717) is 0 Å². The lowest BCUT2D eigenvalue weighted by Gasteiger charge is -2.25. The predicted octanol–water partition coefficient (Wildman–Crippen LogP) is 0.989. The Labute approximate surface area is 136 Å². The molecule has 0 radical (unpaired) electrons. The standard InChI is InChI=1S/C11H16BrNO5S3/c1-8-6-10(19-11(8)12)21(17,18)13(3-4-14)9-2-5-20(15,16)7-9/h6,9,14H,2-5,7H2,1H3. The molecule has 1 atom stereocenters. The summed E-state index contributed by atoms with van der Waals surface area (Å²) in [6, 6.07) is 0.950. The second-order valence-electron chi connectivity index (χ2n) is 4.92. The number of aliphatic hydroxyl groups is 1. The van der Waals surface area contributed by atoms with Gasteiger partial charge in [0.25, 0.3) is 10.0 Å². The van der Waals surface area contributed by atoms with Gasteiger partial charge in [0, 0.05) is 12.6 Å². The summed E-state index contributed by atoms with van der Waals surface area (Å²) < 4.78 is 50.6. The maximum atomic E-state index is 12.7. The topological polar surface area (TPSA) is 91.8 Å². The molecule has 1 aliphatic rings. The van der Waals surface area contributed by atoms with Crippen molar-refractivity contribution in [3.8, 4) is 0 Å². The number of aryl methyl sites for hydroxylation is 1. The number of hydrogen-bond donors (Lipinski definition) is 1. The number of halogens is 1. The highest BCUT2D eigenvalue weighted by atomic mass is 79.9. The van der Waals surface area contributed by atoms with Crippen LogP contribution >= 0.6 is 27.3 Å². The Morgan fingerprint density at radius 2 is 2.19 bits per heavy atom. The van der Waals surface area contributed by atoms with Gasteiger partial charge in [-0.15, -0.1) is 11.3 Å². The van der Waals surface area contributed by atoms with Crippen molar-refractivity contribution in [2.24, 2.45) is 0 Å². The van der Waals surface area contributed by atoms with E-state index in [0.717, 1.165) is 25.0 Å². The van der Waals surface area contributed by atoms with Gasteiger partial charge in [-0.2, -0.15) is 4.31 Å². The van der Waals surface area contributed by atoms with Gasteiger partial charge in [0.1, 0.15) is 4.21 Å². The smallest absolute Gasteiger partial charge is 0.252 e. The minimum atomic E-state index is -3.80. The quantitative estimate of drug-likeness (QED) is 0.770. The number of hydrogen-bond acceptors (Lipinski definition) is 6. The Hall–Kier alpha value is -0.000000000000000111. The molecule has 1 saturated heterocycles. The molecule has 6 nitrogen and oxygen atoms in total. The molecular weight excluding hydrogens is 402 g/mol. The molecule has 0 bridgehead atoms. The molecule has 0 saturated carbocycles. The first kappa shape index (κ1) is 17.4. The zero-order chi connectivity index (χ0) is 15.8. The first-order chi connectivity index (χ1) is 9.67. The lowest BCUT2D eigenvalue weighted by Crippen LogP contribution is -2.42. The summed E-state index contributed by atoms with van der Waals surface area (Å²) in [5.74, 6) is -0.194. The maximum absolute atomic E-state index is 12.7. The van der Waals surface area contributed by atoms with Crippen LogP contribution < -0.4 is 0 Å². The van der Waals surface area contributed by atoms with Gasteiger partial charge in [0.15, 0.2) is 9.84 Å². The molecule has 1 aliphatic heterocycles. The van der Waals surface area contributed by atoms with Crippen molar-refractivity contribution in [3.63, 3.8) is 0 Å². The predicted molar refractivity (Wildman–Crippen MR) is 84.8 cm³/mol. The lowest BCUT2D eigenvalue weighted by molar-refractivity contribution is 0.233. The first-order valence-electron chi connectivity index (χ1n) is 6.26. The van der Waals surface area contributed by atoms with Gasteiger partial charge < -0.3 is 5.11 Å². The van der Waals surface area contributed by atoms with Crippen molar-refractivity contribution in [2.75, 3.05) is 24.7 Å². The Morgan fingerprint density at radius 3 is 2.62 bits per heavy atom. The van der Waals surface area contributed by atoms with Crippen LogP contribution in [-0.2, 0) is 19.9 Å². The van der Waals surface area contributed by atoms with E-state index in [-0.39, 0.29) is 35.3 Å². The zero-order valence-corrected chi connectivity index (χ0v) is 15.4. The summed E-state index contributed by atoms with van der Waals surface area (Å²) in [7, 11) is -7.00. The molecule has 1 fully saturated rings. The Balaban J connectivity index is 2.37. The van der Waals surface area contributed by atoms with Crippen LogP contribution in [0.4, 0.5) is 0 Å². The second kappa shape index (κ2) is 6.25. The minimum Gasteiger partial charge on any atom is -0.395 e. The van der Waals surface area contributed by atoms with Crippen LogP contribution in [0.5, 0.6) is 0 Å². The number of thiophene rings is 1. The molecule has 10 heteroatoms. The number of rotatable bonds is 5. The van der Waals surface area contributed by atoms with Crippen LogP contribution in [0.3, 0.4) is 0 Å². The molecule has 1 unspecified atom stereocenters. The van der Waals surface area contributed by atoms with Crippen LogP contribution in [0.1, 0.15) is 12.0 Å². The van der Waals surface area contributed by atoms with E-state index in [1.165, 1.54) is 0 Å². The fourth-order valence-electron chi connectivity index (χ4n) is 2.27. The summed E-state index contributed by atoms with van der Waals surface area (Å²) in [5.41, 5.74) is 0.807. The summed E-state index contributed by atoms with van der Waals surface area (Å²) in [4.78, 5) is 0. The van der Waals surface area contributed by atoms with Crippen molar-refractivity contribution >= 4 is 47.1 Å². The second-order valence-corrected chi connectivity index (χ2v) is 11.6. The van der Waals surface area contributed by atoms with Crippen molar-refractivity contribution in [1.29, 1.82) is 0 Å². The normalized spacial score (nSPS) is 22.0. The molecule has 1 aromatic heterocycles. The minimum absolute atomic E-state index is 0.0116. The SMILES string of the molecule is Cc1cc(S(=O)(=O)N(CCO)C2CCS(=O)(=O)C2)sc1Br. The van der Waals surface area contributed by atoms with E-state index >= 15 is 0 Å². The van der Waals surface area contributed by atoms with Crippen LogP contribution in [0.25, 0.3) is 0 Å². The fourth-order valence-corrected chi connectivity index (χ4v) is 8.10. The van der Waals surface area contributed by atoms with E-state index in [1.54, 1.807) is 13.0 Å². The monoisotopic (exact) mass is 417 g/mol. The van der Waals surface area contributed by atoms with Crippen LogP contribution in [0, 0.1) is 6.92 Å². The van der Waals surface area contributed by atoms with Crippen molar-refractivity contribution in [1.82, 2.24) is 4.31 Å². The van der Waals surface area contributed by atoms with Gasteiger partial charge in [-0.05, 0) is 40.9 Å². The van der Waals surface area contributed by atoms with E-state index in [2.05, 4.69) is 15.9 Å². The Bertz CT molecular complexity index is 706. The van der Waals surface area contributed by atoms with Gasteiger partial charge in [0.05, 0.1) is 21.9 Å². The number of sulfone groups is 1. The Morgan fingerprint density at radius 1 is 1.52 bits per heavy atom. The van der Waals surface area contributed by atoms with Crippen molar-refractivity contribution < 1.29 is 21.9 Å². The number of nitrogens with zero attached hydrogens (tertiary/aromatic N) is 1. The molecule has 0 aromatic carbocycles. The largest absolute Gasteiger partial charge is 0.395 e. The molecule has 0 aliphatic carbocycles. The van der Waals surface area contributed by atoms with Gasteiger partial charge in [-0.1, -0.05) is 0 Å². The molecule has 2 rings (SSSR count). The van der Waals surface area contributed by atoms with Gasteiger partial charge in [-0.25, -0.2) is 16.8 Å². The third kappa shape index (κ3) is 3.67. The molecular formula is C11H16BrNO5S3. The summed E-state index contributed by atoms with van der Waals surface area (Å²) in [6.45, 7) is 1.34. The average Bonchev–Trinajstić information content (AvgIpc) is 2.90. The van der Waals surface area contributed by atoms with Crippen LogP contribution in [0.15, 0.2) is 14.1 Å². The summed E-state index contributed by atoms with van der Waals surface area (Å²) in [6.07, 6.45) is 0.271. The van der Waals surface area contributed by atoms with Gasteiger partial charge >= 0.3 is 0 Å². The maximum Gasteiger partial charge on any atom is 0.252 e. The molecule has 2 heterocycles. The highest BCUT2D eigenvalue weighted by Gasteiger charge is 2.39. The van der Waals surface area contributed by atoms with E-state index in [9.17, 15) is 16.8 Å². The fraction of sp³-hybridized carbons (Fsp3) is 0.636. The van der Waals surface area contributed by atoms with E-state index in [4.69, 9.17) is 5.11 Å². The Kier molecular flexibility index (Phi) is 5.16. The third-order valence-corrected chi connectivity index (χ3v) is 9.62. The zero-order valence-electron chi connectivity index (χ0n) is 11.3. The van der Waals surface area contributed by atoms with E-state index < -0.39 is 25.9 Å². The highest BCUT2D eigenvalue weighted by molar-refractivity contribution is 9.11. The lowest BCUT2D eigenvalue weighted by atomic mass is 10.3. The first-order valence-corrected chi connectivity index (χ1v) is 11.1. The molecule has 120 valence electrons. The van der Waals surface area contributed by atoms with E-state index in [1.807, 2.05) is 0 Å². The molecule has 21 heavy (non-hydrogen) atoms. The van der Waals surface area contributed by atoms with Crippen molar-refractivity contribution in [3.05, 3.63) is 15.4 Å². The molecule has 1 aromatic rings. The van der Waals surface area contributed by atoms with Gasteiger partial charge in [-0.3, -0.25) is 0 Å². The highest BCUT2D eigenvalue weighted by Crippen LogP contribution is 2.34.